The molecule has 0 aliphatic rings. The highest BCUT2D eigenvalue weighted by Crippen LogP contribution is 2.25. The summed E-state index contributed by atoms with van der Waals surface area (Å²) in [5, 5.41) is 9.69. The Kier molecular flexibility index (Phi) is 6.52. The summed E-state index contributed by atoms with van der Waals surface area (Å²) in [5.41, 5.74) is -0.654. The second-order valence-electron chi connectivity index (χ2n) is 5.98. The number of sulfone groups is 1. The first-order valence-electron chi connectivity index (χ1n) is 8.10. The lowest BCUT2D eigenvalue weighted by Crippen LogP contribution is -2.26. The van der Waals surface area contributed by atoms with Crippen molar-refractivity contribution in [3.05, 3.63) is 48.2 Å². The quantitative estimate of drug-likeness (QED) is 0.463. The van der Waals surface area contributed by atoms with Crippen LogP contribution in [0.25, 0.3) is 17.0 Å². The van der Waals surface area contributed by atoms with E-state index in [-0.39, 0.29) is 16.3 Å². The number of methoxy groups -OCH3 is 1. The Bertz CT molecular complexity index is 1060. The van der Waals surface area contributed by atoms with E-state index < -0.39 is 34.2 Å². The molecule has 11 heteroatoms. The molecule has 0 aliphatic heterocycles. The van der Waals surface area contributed by atoms with E-state index in [1.165, 1.54) is 24.3 Å². The predicted octanol–water partition coefficient (Wildman–Crippen LogP) is 2.77. The minimum absolute atomic E-state index is 0.0876. The average molecular weight is 429 g/mol. The van der Waals surface area contributed by atoms with Gasteiger partial charge in [-0.05, 0) is 35.9 Å². The Morgan fingerprint density at radius 1 is 1.28 bits per heavy atom. The normalized spacial score (nSPS) is 12.5. The third kappa shape index (κ3) is 5.95. The first-order valence-corrected chi connectivity index (χ1v) is 9.99. The molecule has 0 amide bonds. The maximum absolute atomic E-state index is 12.8. The number of H-pyrrole nitrogens is 1. The van der Waals surface area contributed by atoms with Crippen molar-refractivity contribution in [2.75, 3.05) is 19.9 Å². The van der Waals surface area contributed by atoms with Gasteiger partial charge in [-0.2, -0.15) is 13.2 Å². The zero-order valence-corrected chi connectivity index (χ0v) is 16.2. The Balaban J connectivity index is 2.41. The molecule has 1 aromatic carbocycles. The monoisotopic (exact) mass is 429 g/mol. The van der Waals surface area contributed by atoms with Crippen molar-refractivity contribution >= 4 is 27.2 Å². The molecule has 1 heterocycles. The van der Waals surface area contributed by atoms with Crippen LogP contribution < -0.4 is 5.32 Å². The Morgan fingerprint density at radius 2 is 1.97 bits per heavy atom. The molecule has 156 valence electrons. The number of esters is 1. The molecule has 0 spiro atoms. The van der Waals surface area contributed by atoms with Crippen molar-refractivity contribution in [2.24, 2.45) is 0 Å². The van der Waals surface area contributed by atoms with Crippen LogP contribution in [-0.4, -0.2) is 51.2 Å². The zero-order valence-electron chi connectivity index (χ0n) is 15.4. The van der Waals surface area contributed by atoms with Crippen molar-refractivity contribution in [3.63, 3.8) is 0 Å². The number of allylic oxidation sites excluding steroid dienone is 1. The standard InChI is InChI=1S/C18H18F3N3O4S/c1-28-17(25)10-23-15(9-16(22)18(19,20)21)14-7-6-13(24-14)11-4-3-5-12(8-11)29(2,26)27/h3-9,22-24H,10H2,1-2H3/b15-9-,22-16?. The lowest BCUT2D eigenvalue weighted by molar-refractivity contribution is -0.139. The van der Waals surface area contributed by atoms with Crippen LogP contribution >= 0.6 is 0 Å². The smallest absolute Gasteiger partial charge is 0.432 e. The molecule has 0 saturated heterocycles. The van der Waals surface area contributed by atoms with Gasteiger partial charge in [-0.3, -0.25) is 10.2 Å². The highest BCUT2D eigenvalue weighted by molar-refractivity contribution is 7.90. The van der Waals surface area contributed by atoms with E-state index >= 15 is 0 Å². The molecule has 0 radical (unpaired) electrons. The fourth-order valence-electron chi connectivity index (χ4n) is 2.30. The molecule has 1 aromatic heterocycles. The van der Waals surface area contributed by atoms with E-state index in [1.54, 1.807) is 12.1 Å². The molecule has 0 unspecified atom stereocenters. The maximum atomic E-state index is 12.8. The van der Waals surface area contributed by atoms with E-state index in [0.717, 1.165) is 13.4 Å². The number of alkyl halides is 3. The van der Waals surface area contributed by atoms with Gasteiger partial charge in [0.2, 0.25) is 0 Å². The number of aromatic amines is 1. The summed E-state index contributed by atoms with van der Waals surface area (Å²) >= 11 is 0. The number of carbonyl (C=O) groups excluding carboxylic acids is 1. The van der Waals surface area contributed by atoms with E-state index in [9.17, 15) is 26.4 Å². The third-order valence-electron chi connectivity index (χ3n) is 3.79. The van der Waals surface area contributed by atoms with Crippen LogP contribution in [0.5, 0.6) is 0 Å². The lowest BCUT2D eigenvalue weighted by Gasteiger charge is -2.11. The Morgan fingerprint density at radius 3 is 2.55 bits per heavy atom. The van der Waals surface area contributed by atoms with Gasteiger partial charge in [0.1, 0.15) is 12.3 Å². The molecular formula is C18H18F3N3O4S. The highest BCUT2D eigenvalue weighted by atomic mass is 32.2. The summed E-state index contributed by atoms with van der Waals surface area (Å²) in [6, 6.07) is 9.01. The summed E-state index contributed by atoms with van der Waals surface area (Å²) in [6.45, 7) is -0.411. The van der Waals surface area contributed by atoms with E-state index in [4.69, 9.17) is 5.41 Å². The summed E-state index contributed by atoms with van der Waals surface area (Å²) in [4.78, 5) is 14.3. The molecule has 0 saturated carbocycles. The van der Waals surface area contributed by atoms with Gasteiger partial charge in [0, 0.05) is 11.9 Å². The minimum atomic E-state index is -4.86. The summed E-state index contributed by atoms with van der Waals surface area (Å²) in [6.07, 6.45) is -3.25. The van der Waals surface area contributed by atoms with Crippen LogP contribution in [0.15, 0.2) is 47.4 Å². The van der Waals surface area contributed by atoms with Crippen molar-refractivity contribution in [2.45, 2.75) is 11.1 Å². The van der Waals surface area contributed by atoms with E-state index in [0.29, 0.717) is 17.3 Å². The summed E-state index contributed by atoms with van der Waals surface area (Å²) in [5.74, 6) is -0.706. The molecule has 0 aliphatic carbocycles. The van der Waals surface area contributed by atoms with Gasteiger partial charge in [-0.1, -0.05) is 12.1 Å². The van der Waals surface area contributed by atoms with Gasteiger partial charge >= 0.3 is 12.1 Å². The highest BCUT2D eigenvalue weighted by Gasteiger charge is 2.33. The average Bonchev–Trinajstić information content (AvgIpc) is 3.13. The molecule has 0 bridgehead atoms. The van der Waals surface area contributed by atoms with Crippen LogP contribution in [0.4, 0.5) is 13.2 Å². The van der Waals surface area contributed by atoms with Crippen molar-refractivity contribution in [1.82, 2.24) is 10.3 Å². The summed E-state index contributed by atoms with van der Waals surface area (Å²) in [7, 11) is -2.31. The predicted molar refractivity (Wildman–Crippen MR) is 101 cm³/mol. The van der Waals surface area contributed by atoms with Crippen molar-refractivity contribution in [1.29, 1.82) is 5.41 Å². The Hall–Kier alpha value is -3.08. The second kappa shape index (κ2) is 8.52. The first-order chi connectivity index (χ1) is 13.4. The van der Waals surface area contributed by atoms with Crippen molar-refractivity contribution in [3.8, 4) is 11.3 Å². The number of benzene rings is 1. The van der Waals surface area contributed by atoms with Crippen LogP contribution in [0.3, 0.4) is 0 Å². The number of hydrogen-bond donors (Lipinski definition) is 3. The molecule has 2 aromatic rings. The van der Waals surface area contributed by atoms with Crippen LogP contribution in [-0.2, 0) is 19.4 Å². The molecule has 2 rings (SSSR count). The number of hydrogen-bond acceptors (Lipinski definition) is 6. The Labute approximate surface area is 165 Å². The van der Waals surface area contributed by atoms with Gasteiger partial charge in [-0.15, -0.1) is 0 Å². The van der Waals surface area contributed by atoms with Gasteiger partial charge in [0.25, 0.3) is 0 Å². The largest absolute Gasteiger partial charge is 0.468 e. The number of aromatic nitrogens is 1. The van der Waals surface area contributed by atoms with Gasteiger partial charge in [0.15, 0.2) is 9.84 Å². The number of halogens is 3. The SMILES string of the molecule is COC(=O)CN/C(=C\C(=N)C(F)(F)F)c1ccc(-c2cccc(S(C)(=O)=O)c2)[nH]1. The van der Waals surface area contributed by atoms with Crippen molar-refractivity contribution < 1.29 is 31.1 Å². The maximum Gasteiger partial charge on any atom is 0.432 e. The van der Waals surface area contributed by atoms with Crippen LogP contribution in [0.2, 0.25) is 0 Å². The fourth-order valence-corrected chi connectivity index (χ4v) is 2.97. The molecule has 3 N–H and O–H groups in total. The second-order valence-corrected chi connectivity index (χ2v) is 8.00. The van der Waals surface area contributed by atoms with Crippen LogP contribution in [0.1, 0.15) is 5.69 Å². The first kappa shape index (κ1) is 22.2. The van der Waals surface area contributed by atoms with Gasteiger partial charge < -0.3 is 15.0 Å². The number of carbonyl (C=O) groups is 1. The molecule has 0 atom stereocenters. The third-order valence-corrected chi connectivity index (χ3v) is 4.90. The molecule has 29 heavy (non-hydrogen) atoms. The fraction of sp³-hybridized carbons (Fsp3) is 0.222. The van der Waals surface area contributed by atoms with E-state index in [2.05, 4.69) is 15.0 Å². The number of nitrogens with one attached hydrogen (secondary N) is 3. The van der Waals surface area contributed by atoms with Gasteiger partial charge in [-0.25, -0.2) is 8.42 Å². The molecule has 7 nitrogen and oxygen atoms in total. The molecule has 0 fully saturated rings. The minimum Gasteiger partial charge on any atom is -0.468 e. The van der Waals surface area contributed by atoms with Gasteiger partial charge in [0.05, 0.1) is 23.4 Å². The number of ether oxygens (including phenoxy) is 1. The van der Waals surface area contributed by atoms with E-state index in [1.807, 2.05) is 0 Å². The lowest BCUT2D eigenvalue weighted by atomic mass is 10.2. The topological polar surface area (TPSA) is 112 Å². The summed E-state index contributed by atoms with van der Waals surface area (Å²) < 4.78 is 66.2. The zero-order chi connectivity index (χ0) is 21.8. The number of rotatable bonds is 7. The van der Waals surface area contributed by atoms with Crippen LogP contribution in [0, 0.1) is 5.41 Å². The molecular weight excluding hydrogens is 411 g/mol.